The molecule has 5 nitrogen and oxygen atoms in total. The number of aryl methyl sites for hydroxylation is 1. The van der Waals surface area contributed by atoms with Crippen LogP contribution < -0.4 is 4.90 Å². The molecule has 0 bridgehead atoms. The van der Waals surface area contributed by atoms with Crippen molar-refractivity contribution in [3.05, 3.63) is 63.6 Å². The van der Waals surface area contributed by atoms with Gasteiger partial charge in [-0.15, -0.1) is 0 Å². The molecule has 2 aromatic rings. The minimum absolute atomic E-state index is 0.0586. The molecule has 1 atom stereocenters. The Morgan fingerprint density at radius 1 is 1.19 bits per heavy atom. The molecule has 1 saturated heterocycles. The molecule has 1 aliphatic heterocycles. The zero-order valence-electron chi connectivity index (χ0n) is 14.6. The van der Waals surface area contributed by atoms with Crippen LogP contribution in [-0.4, -0.2) is 30.8 Å². The minimum atomic E-state index is -0.606. The molecule has 0 spiro atoms. The third-order valence-corrected chi connectivity index (χ3v) is 4.99. The summed E-state index contributed by atoms with van der Waals surface area (Å²) in [6.07, 6.45) is 0.0586. The second-order valence-electron chi connectivity index (χ2n) is 6.35. The lowest BCUT2D eigenvalue weighted by molar-refractivity contribution is -0.147. The van der Waals surface area contributed by atoms with Gasteiger partial charge in [0.25, 0.3) is 0 Å². The number of carbonyl (C=O) groups is 3. The summed E-state index contributed by atoms with van der Waals surface area (Å²) in [7, 11) is 0. The monoisotopic (exact) mass is 405 g/mol. The number of Topliss-reactive ketones (excluding diaryl/α,β-unsaturated/α-hetero) is 1. The van der Waals surface area contributed by atoms with E-state index in [0.717, 1.165) is 11.3 Å². The highest BCUT2D eigenvalue weighted by molar-refractivity contribution is 6.36. The third-order valence-electron chi connectivity index (χ3n) is 4.44. The number of anilines is 1. The van der Waals surface area contributed by atoms with Crippen molar-refractivity contribution in [2.75, 3.05) is 18.1 Å². The average molecular weight is 406 g/mol. The lowest BCUT2D eigenvalue weighted by Gasteiger charge is -2.18. The summed E-state index contributed by atoms with van der Waals surface area (Å²) in [5.74, 6) is -1.74. The van der Waals surface area contributed by atoms with Crippen molar-refractivity contribution in [3.8, 4) is 0 Å². The predicted molar refractivity (Wildman–Crippen MR) is 103 cm³/mol. The van der Waals surface area contributed by atoms with E-state index >= 15 is 0 Å². The number of para-hydroxylation sites is 1. The van der Waals surface area contributed by atoms with E-state index in [0.29, 0.717) is 5.02 Å². The van der Waals surface area contributed by atoms with Gasteiger partial charge in [0.15, 0.2) is 6.61 Å². The summed E-state index contributed by atoms with van der Waals surface area (Å²) in [6.45, 7) is 1.70. The van der Waals surface area contributed by atoms with Crippen LogP contribution in [0.25, 0.3) is 0 Å². The van der Waals surface area contributed by atoms with Crippen LogP contribution in [0.4, 0.5) is 5.69 Å². The summed E-state index contributed by atoms with van der Waals surface area (Å²) >= 11 is 11.8. The van der Waals surface area contributed by atoms with Crippen LogP contribution in [0.15, 0.2) is 42.5 Å². The molecular formula is C20H17Cl2NO4. The first-order valence-electron chi connectivity index (χ1n) is 8.37. The van der Waals surface area contributed by atoms with Gasteiger partial charge in [0.1, 0.15) is 0 Å². The zero-order chi connectivity index (χ0) is 19.6. The third kappa shape index (κ3) is 4.31. The van der Waals surface area contributed by atoms with Crippen molar-refractivity contribution in [1.29, 1.82) is 0 Å². The predicted octanol–water partition coefficient (Wildman–Crippen LogP) is 4.08. The van der Waals surface area contributed by atoms with Crippen LogP contribution in [0, 0.1) is 12.8 Å². The van der Waals surface area contributed by atoms with E-state index in [1.54, 1.807) is 4.90 Å². The second-order valence-corrected chi connectivity index (χ2v) is 7.19. The quantitative estimate of drug-likeness (QED) is 0.555. The number of ether oxygens (including phenoxy) is 1. The molecule has 0 N–H and O–H groups in total. The Bertz CT molecular complexity index is 913. The van der Waals surface area contributed by atoms with Crippen LogP contribution in [0.5, 0.6) is 0 Å². The maximum atomic E-state index is 12.3. The number of nitrogens with zero attached hydrogens (tertiary/aromatic N) is 1. The molecule has 0 saturated carbocycles. The summed E-state index contributed by atoms with van der Waals surface area (Å²) in [4.78, 5) is 38.4. The maximum absolute atomic E-state index is 12.3. The van der Waals surface area contributed by atoms with Crippen LogP contribution in [0.1, 0.15) is 22.3 Å². The Morgan fingerprint density at radius 3 is 2.63 bits per heavy atom. The Labute approximate surface area is 166 Å². The molecule has 1 aliphatic rings. The Balaban J connectivity index is 1.61. The Hall–Kier alpha value is -2.37. The van der Waals surface area contributed by atoms with Crippen LogP contribution in [-0.2, 0) is 14.3 Å². The van der Waals surface area contributed by atoms with Gasteiger partial charge < -0.3 is 9.64 Å². The largest absolute Gasteiger partial charge is 0.457 e. The number of benzene rings is 2. The number of rotatable bonds is 5. The lowest BCUT2D eigenvalue weighted by Crippen LogP contribution is -2.27. The Kier molecular flexibility index (Phi) is 5.82. The molecular weight excluding hydrogens is 389 g/mol. The van der Waals surface area contributed by atoms with E-state index in [2.05, 4.69) is 0 Å². The number of ketones is 1. The highest BCUT2D eigenvalue weighted by Crippen LogP contribution is 2.28. The highest BCUT2D eigenvalue weighted by Gasteiger charge is 2.36. The number of amides is 1. The smallest absolute Gasteiger partial charge is 0.311 e. The summed E-state index contributed by atoms with van der Waals surface area (Å²) in [5.41, 5.74) is 1.96. The van der Waals surface area contributed by atoms with Gasteiger partial charge in [0, 0.05) is 29.2 Å². The fraction of sp³-hybridized carbons (Fsp3) is 0.250. The summed E-state index contributed by atoms with van der Waals surface area (Å²) < 4.78 is 5.13. The molecule has 3 rings (SSSR count). The maximum Gasteiger partial charge on any atom is 0.311 e. The first kappa shape index (κ1) is 19.4. The van der Waals surface area contributed by atoms with Crippen molar-refractivity contribution in [2.24, 2.45) is 5.92 Å². The normalized spacial score (nSPS) is 16.5. The first-order valence-corrected chi connectivity index (χ1v) is 9.13. The van der Waals surface area contributed by atoms with E-state index in [9.17, 15) is 14.4 Å². The van der Waals surface area contributed by atoms with E-state index < -0.39 is 24.3 Å². The zero-order valence-corrected chi connectivity index (χ0v) is 16.1. The number of hydrogen-bond acceptors (Lipinski definition) is 4. The van der Waals surface area contributed by atoms with Gasteiger partial charge in [0.2, 0.25) is 11.7 Å². The highest BCUT2D eigenvalue weighted by atomic mass is 35.5. The number of hydrogen-bond donors (Lipinski definition) is 0. The molecule has 1 amide bonds. The lowest BCUT2D eigenvalue weighted by atomic mass is 10.1. The molecule has 1 heterocycles. The Morgan fingerprint density at radius 2 is 1.93 bits per heavy atom. The molecule has 27 heavy (non-hydrogen) atoms. The molecule has 0 aliphatic carbocycles. The average Bonchev–Trinajstić information content (AvgIpc) is 3.01. The summed E-state index contributed by atoms with van der Waals surface area (Å²) in [5, 5.41) is 0.611. The molecule has 1 fully saturated rings. The van der Waals surface area contributed by atoms with Crippen LogP contribution in [0.3, 0.4) is 0 Å². The number of esters is 1. The van der Waals surface area contributed by atoms with Crippen molar-refractivity contribution in [3.63, 3.8) is 0 Å². The van der Waals surface area contributed by atoms with Crippen LogP contribution in [0.2, 0.25) is 10.0 Å². The van der Waals surface area contributed by atoms with Gasteiger partial charge in [-0.3, -0.25) is 14.4 Å². The topological polar surface area (TPSA) is 63.7 Å². The second kappa shape index (κ2) is 8.11. The van der Waals surface area contributed by atoms with Gasteiger partial charge in [0.05, 0.1) is 10.9 Å². The first-order chi connectivity index (χ1) is 12.9. The van der Waals surface area contributed by atoms with Gasteiger partial charge in [-0.2, -0.15) is 0 Å². The van der Waals surface area contributed by atoms with Crippen molar-refractivity contribution in [2.45, 2.75) is 13.3 Å². The van der Waals surface area contributed by atoms with E-state index in [4.69, 9.17) is 27.9 Å². The summed E-state index contributed by atoms with van der Waals surface area (Å²) in [6, 6.07) is 12.0. The van der Waals surface area contributed by atoms with Gasteiger partial charge in [-0.25, -0.2) is 0 Å². The molecule has 0 unspecified atom stereocenters. The van der Waals surface area contributed by atoms with E-state index in [-0.39, 0.29) is 29.5 Å². The van der Waals surface area contributed by atoms with Gasteiger partial charge >= 0.3 is 5.97 Å². The molecule has 7 heteroatoms. The van der Waals surface area contributed by atoms with Crippen molar-refractivity contribution < 1.29 is 19.1 Å². The van der Waals surface area contributed by atoms with Crippen molar-refractivity contribution >= 4 is 46.5 Å². The minimum Gasteiger partial charge on any atom is -0.457 e. The molecule has 2 aromatic carbocycles. The van der Waals surface area contributed by atoms with E-state index in [1.165, 1.54) is 18.2 Å². The fourth-order valence-corrected chi connectivity index (χ4v) is 3.53. The van der Waals surface area contributed by atoms with E-state index in [1.807, 2.05) is 31.2 Å². The van der Waals surface area contributed by atoms with Crippen molar-refractivity contribution in [1.82, 2.24) is 0 Å². The fourth-order valence-electron chi connectivity index (χ4n) is 3.01. The van der Waals surface area contributed by atoms with Crippen LogP contribution >= 0.6 is 23.2 Å². The molecule has 140 valence electrons. The molecule has 0 aromatic heterocycles. The van der Waals surface area contributed by atoms with Gasteiger partial charge in [-0.05, 0) is 36.8 Å². The number of carbonyl (C=O) groups excluding carboxylic acids is 3. The number of halogens is 2. The SMILES string of the molecule is Cc1ccccc1N1C[C@H](C(=O)OCC(=O)c2ccc(Cl)cc2Cl)CC1=O. The molecule has 0 radical (unpaired) electrons. The van der Waals surface area contributed by atoms with Gasteiger partial charge in [-0.1, -0.05) is 41.4 Å². The standard InChI is InChI=1S/C20H17Cl2NO4/c1-12-4-2-3-5-17(12)23-10-13(8-19(23)25)20(26)27-11-18(24)15-7-6-14(21)9-16(15)22/h2-7,9,13H,8,10-11H2,1H3/t13-/m1/s1.